The van der Waals surface area contributed by atoms with Crippen LogP contribution in [0.1, 0.15) is 44.2 Å². The van der Waals surface area contributed by atoms with Crippen molar-refractivity contribution in [2.24, 2.45) is 0 Å². The molecule has 1 N–H and O–H groups in total. The first-order valence-corrected chi connectivity index (χ1v) is 10.9. The number of ether oxygens (including phenoxy) is 2. The molecule has 0 spiro atoms. The summed E-state index contributed by atoms with van der Waals surface area (Å²) >= 11 is 0. The van der Waals surface area contributed by atoms with Gasteiger partial charge in [0.05, 0.1) is 20.6 Å². The second kappa shape index (κ2) is 12.7. The lowest BCUT2D eigenvalue weighted by Crippen LogP contribution is -2.48. The summed E-state index contributed by atoms with van der Waals surface area (Å²) in [6.45, 7) is 4.59. The number of unbranched alkanes of at least 4 members (excludes halogenated alkanes) is 2. The summed E-state index contributed by atoms with van der Waals surface area (Å²) in [4.78, 5) is 27.5. The molecular formula is C25H33FN2O4. The van der Waals surface area contributed by atoms with E-state index in [2.05, 4.69) is 12.2 Å². The number of amides is 2. The molecule has 0 fully saturated rings. The molecule has 0 saturated heterocycles. The average Bonchev–Trinajstić information content (AvgIpc) is 2.80. The van der Waals surface area contributed by atoms with E-state index >= 15 is 0 Å². The Morgan fingerprint density at radius 2 is 1.66 bits per heavy atom. The highest BCUT2D eigenvalue weighted by Gasteiger charge is 2.26. The molecular weight excluding hydrogens is 411 g/mol. The molecule has 0 radical (unpaired) electrons. The van der Waals surface area contributed by atoms with Gasteiger partial charge in [0.15, 0.2) is 11.5 Å². The topological polar surface area (TPSA) is 67.9 Å². The average molecular weight is 445 g/mol. The lowest BCUT2D eigenvalue weighted by molar-refractivity contribution is -0.140. The van der Waals surface area contributed by atoms with E-state index in [0.29, 0.717) is 18.0 Å². The predicted molar refractivity (Wildman–Crippen MR) is 122 cm³/mol. The largest absolute Gasteiger partial charge is 0.493 e. The molecule has 1 atom stereocenters. The molecule has 32 heavy (non-hydrogen) atoms. The molecule has 2 aromatic carbocycles. The van der Waals surface area contributed by atoms with Crippen molar-refractivity contribution >= 4 is 11.8 Å². The van der Waals surface area contributed by atoms with E-state index in [1.165, 1.54) is 24.1 Å². The number of nitrogens with zero attached hydrogens (tertiary/aromatic N) is 1. The van der Waals surface area contributed by atoms with Gasteiger partial charge in [-0.15, -0.1) is 0 Å². The third kappa shape index (κ3) is 7.25. The Morgan fingerprint density at radius 3 is 2.28 bits per heavy atom. The van der Waals surface area contributed by atoms with Gasteiger partial charge in [-0.05, 0) is 48.7 Å². The van der Waals surface area contributed by atoms with Gasteiger partial charge in [0.25, 0.3) is 0 Å². The Balaban J connectivity index is 2.19. The molecule has 0 aliphatic rings. The summed E-state index contributed by atoms with van der Waals surface area (Å²) in [7, 11) is 3.09. The minimum Gasteiger partial charge on any atom is -0.493 e. The van der Waals surface area contributed by atoms with Crippen LogP contribution in [0.15, 0.2) is 42.5 Å². The number of carbonyl (C=O) groups excluding carboxylic acids is 2. The van der Waals surface area contributed by atoms with Crippen LogP contribution in [-0.4, -0.2) is 43.5 Å². The number of halogens is 1. The van der Waals surface area contributed by atoms with Crippen LogP contribution in [0.25, 0.3) is 0 Å². The van der Waals surface area contributed by atoms with Gasteiger partial charge in [-0.25, -0.2) is 4.39 Å². The van der Waals surface area contributed by atoms with Gasteiger partial charge in [0.2, 0.25) is 11.8 Å². The smallest absolute Gasteiger partial charge is 0.242 e. The molecule has 0 aliphatic carbocycles. The Kier molecular flexibility index (Phi) is 9.98. The van der Waals surface area contributed by atoms with Crippen molar-refractivity contribution in [3.05, 3.63) is 59.4 Å². The summed E-state index contributed by atoms with van der Waals surface area (Å²) in [5.41, 5.74) is 1.49. The molecule has 6 nitrogen and oxygen atoms in total. The molecule has 7 heteroatoms. The molecule has 0 heterocycles. The van der Waals surface area contributed by atoms with Crippen LogP contribution in [0.3, 0.4) is 0 Å². The van der Waals surface area contributed by atoms with E-state index < -0.39 is 6.04 Å². The molecule has 0 aliphatic heterocycles. The van der Waals surface area contributed by atoms with Gasteiger partial charge in [-0.3, -0.25) is 9.59 Å². The Bertz CT molecular complexity index is 886. The molecule has 2 rings (SSSR count). The molecule has 0 saturated carbocycles. The van der Waals surface area contributed by atoms with Gasteiger partial charge in [0.1, 0.15) is 11.9 Å². The van der Waals surface area contributed by atoms with Gasteiger partial charge < -0.3 is 19.7 Å². The second-order valence-corrected chi connectivity index (χ2v) is 7.69. The van der Waals surface area contributed by atoms with Crippen molar-refractivity contribution in [3.8, 4) is 11.5 Å². The van der Waals surface area contributed by atoms with Crippen LogP contribution in [0.5, 0.6) is 11.5 Å². The van der Waals surface area contributed by atoms with Crippen LogP contribution in [0.4, 0.5) is 4.39 Å². The van der Waals surface area contributed by atoms with E-state index in [-0.39, 0.29) is 30.6 Å². The lowest BCUT2D eigenvalue weighted by atomic mass is 10.1. The van der Waals surface area contributed by atoms with Gasteiger partial charge >= 0.3 is 0 Å². The van der Waals surface area contributed by atoms with Crippen molar-refractivity contribution in [2.75, 3.05) is 20.8 Å². The van der Waals surface area contributed by atoms with Crippen molar-refractivity contribution in [3.63, 3.8) is 0 Å². The first-order valence-electron chi connectivity index (χ1n) is 10.9. The quantitative estimate of drug-likeness (QED) is 0.501. The summed E-state index contributed by atoms with van der Waals surface area (Å²) in [6, 6.07) is 10.6. The summed E-state index contributed by atoms with van der Waals surface area (Å²) < 4.78 is 23.9. The fraction of sp³-hybridized carbons (Fsp3) is 0.440. The van der Waals surface area contributed by atoms with E-state index in [4.69, 9.17) is 9.47 Å². The molecule has 0 aromatic heterocycles. The summed E-state index contributed by atoms with van der Waals surface area (Å²) in [5.74, 6) is 0.344. The maximum absolute atomic E-state index is 13.3. The molecule has 0 bridgehead atoms. The van der Waals surface area contributed by atoms with Crippen LogP contribution in [-0.2, 0) is 22.6 Å². The third-order valence-electron chi connectivity index (χ3n) is 5.32. The highest BCUT2D eigenvalue weighted by atomic mass is 19.1. The monoisotopic (exact) mass is 444 g/mol. The van der Waals surface area contributed by atoms with Crippen molar-refractivity contribution in [1.82, 2.24) is 10.2 Å². The maximum atomic E-state index is 13.3. The van der Waals surface area contributed by atoms with E-state index in [1.807, 2.05) is 0 Å². The zero-order chi connectivity index (χ0) is 23.5. The highest BCUT2D eigenvalue weighted by molar-refractivity contribution is 5.88. The van der Waals surface area contributed by atoms with Crippen molar-refractivity contribution in [2.45, 2.75) is 52.1 Å². The van der Waals surface area contributed by atoms with Crippen LogP contribution in [0.2, 0.25) is 0 Å². The molecule has 2 amide bonds. The molecule has 174 valence electrons. The van der Waals surface area contributed by atoms with Crippen molar-refractivity contribution < 1.29 is 23.5 Å². The fourth-order valence-electron chi connectivity index (χ4n) is 3.37. The number of methoxy groups -OCH3 is 2. The zero-order valence-electron chi connectivity index (χ0n) is 19.3. The molecule has 2 aromatic rings. The zero-order valence-corrected chi connectivity index (χ0v) is 19.3. The number of hydrogen-bond acceptors (Lipinski definition) is 4. The Hall–Kier alpha value is -3.09. The number of nitrogens with one attached hydrogen (secondary N) is 1. The minimum atomic E-state index is -0.672. The van der Waals surface area contributed by atoms with Gasteiger partial charge in [0, 0.05) is 13.1 Å². The van der Waals surface area contributed by atoms with Gasteiger partial charge in [-0.1, -0.05) is 38.0 Å². The second-order valence-electron chi connectivity index (χ2n) is 7.69. The van der Waals surface area contributed by atoms with Crippen LogP contribution in [0, 0.1) is 5.82 Å². The number of hydrogen-bond donors (Lipinski definition) is 1. The van der Waals surface area contributed by atoms with Crippen molar-refractivity contribution in [1.29, 1.82) is 0 Å². The van der Waals surface area contributed by atoms with E-state index in [9.17, 15) is 14.0 Å². The SMILES string of the molecule is CCCCCNC(=O)[C@H](C)N(Cc1ccc(F)cc1)C(=O)Cc1ccc(OC)c(OC)c1. The van der Waals surface area contributed by atoms with E-state index in [1.54, 1.807) is 44.4 Å². The first kappa shape index (κ1) is 25.2. The predicted octanol–water partition coefficient (Wildman–Crippen LogP) is 4.11. The summed E-state index contributed by atoms with van der Waals surface area (Å²) in [5, 5.41) is 2.92. The lowest BCUT2D eigenvalue weighted by Gasteiger charge is -2.29. The molecule has 0 unspecified atom stereocenters. The normalized spacial score (nSPS) is 11.5. The standard InChI is InChI=1S/C25H33FN2O4/c1-5-6-7-14-27-25(30)18(2)28(17-19-8-11-21(26)12-9-19)24(29)16-20-10-13-22(31-3)23(15-20)32-4/h8-13,15,18H,5-7,14,16-17H2,1-4H3,(H,27,30)/t18-/m0/s1. The fourth-order valence-corrected chi connectivity index (χ4v) is 3.37. The minimum absolute atomic E-state index is 0.0923. The number of carbonyl (C=O) groups is 2. The third-order valence-corrected chi connectivity index (χ3v) is 5.32. The summed E-state index contributed by atoms with van der Waals surface area (Å²) in [6.07, 6.45) is 3.08. The Labute approximate surface area is 189 Å². The van der Waals surface area contributed by atoms with Crippen LogP contribution < -0.4 is 14.8 Å². The van der Waals surface area contributed by atoms with E-state index in [0.717, 1.165) is 30.4 Å². The van der Waals surface area contributed by atoms with Gasteiger partial charge in [-0.2, -0.15) is 0 Å². The highest BCUT2D eigenvalue weighted by Crippen LogP contribution is 2.28. The first-order chi connectivity index (χ1) is 15.4. The number of rotatable bonds is 12. The Morgan fingerprint density at radius 1 is 1.00 bits per heavy atom. The maximum Gasteiger partial charge on any atom is 0.242 e. The van der Waals surface area contributed by atoms with Crippen LogP contribution >= 0.6 is 0 Å². The number of benzene rings is 2.